The van der Waals surface area contributed by atoms with Crippen LogP contribution in [0.5, 0.6) is 5.75 Å². The van der Waals surface area contributed by atoms with Crippen LogP contribution < -0.4 is 4.74 Å². The summed E-state index contributed by atoms with van der Waals surface area (Å²) in [6, 6.07) is 6.74. The predicted octanol–water partition coefficient (Wildman–Crippen LogP) is 6.86. The van der Waals surface area contributed by atoms with Gasteiger partial charge >= 0.3 is 5.69 Å². The minimum absolute atomic E-state index is 0.178. The first-order valence-corrected chi connectivity index (χ1v) is 14.0. The van der Waals surface area contributed by atoms with Gasteiger partial charge in [-0.25, -0.2) is 9.97 Å². The number of nitriles is 2. The second-order valence-corrected chi connectivity index (χ2v) is 10.8. The molecule has 9 nitrogen and oxygen atoms in total. The van der Waals surface area contributed by atoms with E-state index in [0.717, 1.165) is 4.47 Å². The normalized spacial score (nSPS) is 15.6. The minimum atomic E-state index is -0.643. The van der Waals surface area contributed by atoms with Crippen molar-refractivity contribution in [2.24, 2.45) is 11.8 Å². The number of aliphatic hydroxyl groups excluding tert-OH is 1. The molecule has 2 aliphatic rings. The number of hydrogen-bond acceptors (Lipinski definition) is 8. The standard InChI is InChI=1S/C13H15BrN2O.C7H14O.C6H2BrN3O2/c14-11-6-13(12(7-15)16-8-11)17-9-10-4-2-1-3-5-10;8-6-7-4-2-1-3-5-7;7-4-1-6(10(11)12)5(2-8)9-3-4/h6,8,10H,1-5,9H2;7-8H,1-6H2;1,3H. The highest BCUT2D eigenvalue weighted by Gasteiger charge is 2.16. The molecule has 2 aliphatic carbocycles. The number of rotatable bonds is 5. The minimum Gasteiger partial charge on any atom is -0.490 e. The molecular weight excluding hydrogens is 606 g/mol. The van der Waals surface area contributed by atoms with E-state index in [1.165, 1.54) is 76.5 Å². The van der Waals surface area contributed by atoms with Gasteiger partial charge < -0.3 is 9.84 Å². The van der Waals surface area contributed by atoms with Crippen molar-refractivity contribution in [3.8, 4) is 17.9 Å². The summed E-state index contributed by atoms with van der Waals surface area (Å²) in [6.07, 6.45) is 16.0. The molecular formula is C26H31Br2N5O4. The maximum absolute atomic E-state index is 10.3. The van der Waals surface area contributed by atoms with Crippen LogP contribution >= 0.6 is 31.9 Å². The molecule has 0 bridgehead atoms. The average Bonchev–Trinajstić information content (AvgIpc) is 2.93. The monoisotopic (exact) mass is 635 g/mol. The summed E-state index contributed by atoms with van der Waals surface area (Å²) in [7, 11) is 0. The third-order valence-electron chi connectivity index (χ3n) is 6.24. The summed E-state index contributed by atoms with van der Waals surface area (Å²) in [5.74, 6) is 1.87. The SMILES string of the molecule is N#Cc1ncc(Br)cc1OCC1CCCCC1.N#Cc1ncc(Br)cc1[N+](=O)[O-].OCC1CCCCC1. The number of pyridine rings is 2. The average molecular weight is 637 g/mol. The van der Waals surface area contributed by atoms with E-state index in [9.17, 15) is 10.1 Å². The Hall–Kier alpha value is -2.60. The smallest absolute Gasteiger partial charge is 0.306 e. The molecule has 0 radical (unpaired) electrons. The van der Waals surface area contributed by atoms with E-state index >= 15 is 0 Å². The molecule has 11 heteroatoms. The van der Waals surface area contributed by atoms with E-state index in [1.807, 2.05) is 6.07 Å². The van der Waals surface area contributed by atoms with E-state index in [1.54, 1.807) is 12.3 Å². The quantitative estimate of drug-likeness (QED) is 0.277. The van der Waals surface area contributed by atoms with E-state index < -0.39 is 4.92 Å². The largest absolute Gasteiger partial charge is 0.490 e. The number of aromatic nitrogens is 2. The van der Waals surface area contributed by atoms with Crippen molar-refractivity contribution in [3.05, 3.63) is 55.0 Å². The summed E-state index contributed by atoms with van der Waals surface area (Å²) in [5.41, 5.74) is -0.0981. The van der Waals surface area contributed by atoms with E-state index in [4.69, 9.17) is 20.4 Å². The van der Waals surface area contributed by atoms with Crippen molar-refractivity contribution in [2.75, 3.05) is 13.2 Å². The third kappa shape index (κ3) is 11.1. The molecule has 2 saturated carbocycles. The number of aliphatic hydroxyl groups is 1. The molecule has 2 heterocycles. The van der Waals surface area contributed by atoms with Crippen LogP contribution in [0.25, 0.3) is 0 Å². The van der Waals surface area contributed by atoms with Gasteiger partial charge in [-0.3, -0.25) is 10.1 Å². The van der Waals surface area contributed by atoms with Crippen LogP contribution in [0.4, 0.5) is 5.69 Å². The number of hydrogen-bond donors (Lipinski definition) is 1. The summed E-state index contributed by atoms with van der Waals surface area (Å²) >= 11 is 6.36. The summed E-state index contributed by atoms with van der Waals surface area (Å²) in [4.78, 5) is 17.3. The second-order valence-electron chi connectivity index (χ2n) is 9.00. The van der Waals surface area contributed by atoms with Crippen molar-refractivity contribution in [2.45, 2.75) is 64.2 Å². The number of ether oxygens (including phenoxy) is 1. The lowest BCUT2D eigenvalue weighted by Gasteiger charge is -2.21. The van der Waals surface area contributed by atoms with Crippen LogP contribution in [0.2, 0.25) is 0 Å². The van der Waals surface area contributed by atoms with Gasteiger partial charge in [0.2, 0.25) is 5.69 Å². The van der Waals surface area contributed by atoms with E-state index in [0.29, 0.717) is 41.0 Å². The third-order valence-corrected chi connectivity index (χ3v) is 7.11. The molecule has 0 atom stereocenters. The van der Waals surface area contributed by atoms with Crippen molar-refractivity contribution < 1.29 is 14.8 Å². The van der Waals surface area contributed by atoms with Gasteiger partial charge in [-0.2, -0.15) is 10.5 Å². The number of nitrogens with zero attached hydrogens (tertiary/aromatic N) is 5. The molecule has 0 spiro atoms. The lowest BCUT2D eigenvalue weighted by molar-refractivity contribution is -0.385. The summed E-state index contributed by atoms with van der Waals surface area (Å²) in [6.45, 7) is 1.12. The fourth-order valence-corrected chi connectivity index (χ4v) is 4.83. The maximum Gasteiger partial charge on any atom is 0.306 e. The molecule has 0 aromatic carbocycles. The molecule has 1 N–H and O–H groups in total. The van der Waals surface area contributed by atoms with Gasteiger partial charge in [-0.1, -0.05) is 38.5 Å². The molecule has 2 aromatic heterocycles. The molecule has 198 valence electrons. The van der Waals surface area contributed by atoms with Crippen LogP contribution in [0.3, 0.4) is 0 Å². The fourth-order valence-electron chi connectivity index (χ4n) is 4.20. The summed E-state index contributed by atoms with van der Waals surface area (Å²) in [5, 5.41) is 36.4. The van der Waals surface area contributed by atoms with Crippen LogP contribution in [-0.2, 0) is 0 Å². The molecule has 0 unspecified atom stereocenters. The zero-order valence-electron chi connectivity index (χ0n) is 20.6. The summed E-state index contributed by atoms with van der Waals surface area (Å²) < 4.78 is 7.06. The molecule has 37 heavy (non-hydrogen) atoms. The Morgan fingerprint density at radius 3 is 1.92 bits per heavy atom. The fraction of sp³-hybridized carbons (Fsp3) is 0.538. The van der Waals surface area contributed by atoms with Gasteiger partial charge in [0.1, 0.15) is 12.1 Å². The van der Waals surface area contributed by atoms with Crippen molar-refractivity contribution in [1.29, 1.82) is 10.5 Å². The van der Waals surface area contributed by atoms with E-state index in [2.05, 4.69) is 47.9 Å². The highest BCUT2D eigenvalue weighted by atomic mass is 79.9. The zero-order valence-corrected chi connectivity index (χ0v) is 23.8. The lowest BCUT2D eigenvalue weighted by Crippen LogP contribution is -2.15. The Bertz CT molecular complexity index is 1090. The van der Waals surface area contributed by atoms with Gasteiger partial charge in [0.15, 0.2) is 11.4 Å². The molecule has 4 rings (SSSR count). The molecule has 0 saturated heterocycles. The van der Waals surface area contributed by atoms with Crippen LogP contribution in [0.15, 0.2) is 33.5 Å². The van der Waals surface area contributed by atoms with Crippen LogP contribution in [0.1, 0.15) is 75.6 Å². The Kier molecular flexibility index (Phi) is 14.1. The van der Waals surface area contributed by atoms with Gasteiger partial charge in [-0.05, 0) is 75.4 Å². The highest BCUT2D eigenvalue weighted by Crippen LogP contribution is 2.27. The van der Waals surface area contributed by atoms with Gasteiger partial charge in [0, 0.05) is 34.0 Å². The number of halogens is 2. The molecule has 2 fully saturated rings. The van der Waals surface area contributed by atoms with Crippen molar-refractivity contribution >= 4 is 37.5 Å². The van der Waals surface area contributed by atoms with Gasteiger partial charge in [-0.15, -0.1) is 0 Å². The Morgan fingerprint density at radius 1 is 0.919 bits per heavy atom. The van der Waals surface area contributed by atoms with Crippen molar-refractivity contribution in [3.63, 3.8) is 0 Å². The topological polar surface area (TPSA) is 146 Å². The zero-order chi connectivity index (χ0) is 27.0. The lowest BCUT2D eigenvalue weighted by atomic mass is 9.90. The van der Waals surface area contributed by atoms with Crippen LogP contribution in [0, 0.1) is 44.6 Å². The van der Waals surface area contributed by atoms with Crippen LogP contribution in [-0.4, -0.2) is 33.2 Å². The molecule has 0 aliphatic heterocycles. The molecule has 0 amide bonds. The Morgan fingerprint density at radius 2 is 1.43 bits per heavy atom. The first kappa shape index (κ1) is 30.6. The second kappa shape index (κ2) is 17.0. The first-order chi connectivity index (χ1) is 17.9. The van der Waals surface area contributed by atoms with Gasteiger partial charge in [0.05, 0.1) is 11.5 Å². The van der Waals surface area contributed by atoms with E-state index in [-0.39, 0.29) is 11.4 Å². The number of nitro groups is 1. The first-order valence-electron chi connectivity index (χ1n) is 12.4. The highest BCUT2D eigenvalue weighted by molar-refractivity contribution is 9.10. The predicted molar refractivity (Wildman–Crippen MR) is 146 cm³/mol. The maximum atomic E-state index is 10.3. The molecule has 2 aromatic rings. The van der Waals surface area contributed by atoms with Gasteiger partial charge in [0.25, 0.3) is 0 Å². The van der Waals surface area contributed by atoms with Crippen molar-refractivity contribution in [1.82, 2.24) is 9.97 Å². The Balaban J connectivity index is 0.000000210. The Labute approximate surface area is 234 Å².